The minimum atomic E-state index is 0.101. The Hall–Kier alpha value is -3.04. The van der Waals surface area contributed by atoms with E-state index < -0.39 is 0 Å². The highest BCUT2D eigenvalue weighted by molar-refractivity contribution is 8.00. The summed E-state index contributed by atoms with van der Waals surface area (Å²) in [6, 6.07) is 7.21. The van der Waals surface area contributed by atoms with Crippen molar-refractivity contribution in [3.05, 3.63) is 49.1 Å². The Morgan fingerprint density at radius 2 is 1.97 bits per heavy atom. The van der Waals surface area contributed by atoms with Gasteiger partial charge in [-0.15, -0.1) is 10.2 Å². The second-order valence-corrected chi connectivity index (χ2v) is 8.17. The predicted octanol–water partition coefficient (Wildman–Crippen LogP) is 2.82. The normalized spacial score (nSPS) is 16.9. The van der Waals surface area contributed by atoms with E-state index >= 15 is 0 Å². The molecule has 146 valence electrons. The van der Waals surface area contributed by atoms with E-state index in [1.807, 2.05) is 24.4 Å². The van der Waals surface area contributed by atoms with Crippen molar-refractivity contribution in [2.75, 3.05) is 13.1 Å². The number of aromatic nitrogens is 6. The van der Waals surface area contributed by atoms with E-state index in [1.165, 1.54) is 11.2 Å². The molecule has 5 rings (SSSR count). The van der Waals surface area contributed by atoms with Gasteiger partial charge >= 0.3 is 0 Å². The number of nitrogens with one attached hydrogen (secondary N) is 1. The van der Waals surface area contributed by atoms with Crippen LogP contribution in [0.1, 0.15) is 12.8 Å². The maximum absolute atomic E-state index is 10.7. The number of phenolic OH excluding ortho intramolecular Hbond substituents is 1. The molecule has 1 fully saturated rings. The molecule has 8 nitrogen and oxygen atoms in total. The summed E-state index contributed by atoms with van der Waals surface area (Å²) in [4.78, 5) is 5.75. The summed E-state index contributed by atoms with van der Waals surface area (Å²) < 4.78 is 0. The van der Waals surface area contributed by atoms with Gasteiger partial charge in [0.2, 0.25) is 0 Å². The van der Waals surface area contributed by atoms with Crippen molar-refractivity contribution in [3.8, 4) is 22.7 Å². The Balaban J connectivity index is 1.55. The zero-order valence-electron chi connectivity index (χ0n) is 15.6. The Kier molecular flexibility index (Phi) is 4.82. The van der Waals surface area contributed by atoms with Gasteiger partial charge in [-0.2, -0.15) is 15.0 Å². The third-order valence-electron chi connectivity index (χ3n) is 4.96. The summed E-state index contributed by atoms with van der Waals surface area (Å²) in [6.07, 6.45) is 9.08. The third kappa shape index (κ3) is 3.54. The first-order valence-corrected chi connectivity index (χ1v) is 10.4. The lowest BCUT2D eigenvalue weighted by Gasteiger charge is -2.22. The van der Waals surface area contributed by atoms with Gasteiger partial charge in [0.25, 0.3) is 0 Å². The topological polar surface area (TPSA) is 102 Å². The van der Waals surface area contributed by atoms with Crippen LogP contribution in [-0.2, 0) is 0 Å². The lowest BCUT2D eigenvalue weighted by atomic mass is 10.1. The number of benzene rings is 1. The molecule has 0 spiro atoms. The highest BCUT2D eigenvalue weighted by Crippen LogP contribution is 2.37. The highest BCUT2D eigenvalue weighted by atomic mass is 32.2. The van der Waals surface area contributed by atoms with E-state index in [0.717, 1.165) is 35.3 Å². The van der Waals surface area contributed by atoms with Crippen LogP contribution in [0, 0.1) is 0 Å². The van der Waals surface area contributed by atoms with Crippen molar-refractivity contribution in [3.63, 3.8) is 0 Å². The summed E-state index contributed by atoms with van der Waals surface area (Å²) in [5.74, 6) is 0.101. The van der Waals surface area contributed by atoms with Gasteiger partial charge in [0.1, 0.15) is 16.5 Å². The Labute approximate surface area is 171 Å². The van der Waals surface area contributed by atoms with E-state index in [9.17, 15) is 5.11 Å². The molecule has 3 aromatic heterocycles. The van der Waals surface area contributed by atoms with Gasteiger partial charge < -0.3 is 10.4 Å². The fourth-order valence-corrected chi connectivity index (χ4v) is 4.71. The smallest absolute Gasteiger partial charge is 0.129 e. The van der Waals surface area contributed by atoms with E-state index in [2.05, 4.69) is 30.7 Å². The van der Waals surface area contributed by atoms with Crippen LogP contribution in [-0.4, -0.2) is 53.6 Å². The highest BCUT2D eigenvalue weighted by Gasteiger charge is 2.19. The average Bonchev–Trinajstić information content (AvgIpc) is 3.30. The standard InChI is InChI=1S/C20H19N7OS/c28-18-10-13(27-23-8-9-24-27)3-4-16(18)19-15-5-7-22-12-17(15)20(26-25-19)29-14-2-1-6-21-11-14/h3-5,7-10,12,14,21,28H,1-2,6,11H2/t14-/m1/s1. The molecule has 4 aromatic rings. The van der Waals surface area contributed by atoms with Gasteiger partial charge in [-0.3, -0.25) is 4.98 Å². The van der Waals surface area contributed by atoms with Crippen LogP contribution in [0.4, 0.5) is 0 Å². The fourth-order valence-electron chi connectivity index (χ4n) is 3.53. The van der Waals surface area contributed by atoms with Gasteiger partial charge in [-0.25, -0.2) is 0 Å². The van der Waals surface area contributed by atoms with Crippen LogP contribution < -0.4 is 5.32 Å². The number of thioether (sulfide) groups is 1. The van der Waals surface area contributed by atoms with E-state index in [-0.39, 0.29) is 5.75 Å². The van der Waals surface area contributed by atoms with Crippen molar-refractivity contribution >= 4 is 22.5 Å². The van der Waals surface area contributed by atoms with E-state index in [0.29, 0.717) is 22.2 Å². The van der Waals surface area contributed by atoms with Crippen LogP contribution >= 0.6 is 11.8 Å². The van der Waals surface area contributed by atoms with Crippen molar-refractivity contribution < 1.29 is 5.11 Å². The van der Waals surface area contributed by atoms with Crippen molar-refractivity contribution in [1.29, 1.82) is 0 Å². The molecule has 0 unspecified atom stereocenters. The molecule has 4 heterocycles. The Morgan fingerprint density at radius 1 is 1.07 bits per heavy atom. The summed E-state index contributed by atoms with van der Waals surface area (Å²) in [7, 11) is 0. The number of hydrogen-bond acceptors (Lipinski definition) is 8. The molecule has 1 aliphatic rings. The largest absolute Gasteiger partial charge is 0.507 e. The second-order valence-electron chi connectivity index (χ2n) is 6.88. The lowest BCUT2D eigenvalue weighted by Crippen LogP contribution is -2.31. The van der Waals surface area contributed by atoms with Gasteiger partial charge in [-0.05, 0) is 37.6 Å². The fraction of sp³-hybridized carbons (Fsp3) is 0.250. The SMILES string of the molecule is Oc1cc(-n2nccn2)ccc1-c1nnc(S[C@@H]2CCCNC2)c2cnccc12. The quantitative estimate of drug-likeness (QED) is 0.534. The van der Waals surface area contributed by atoms with Crippen LogP contribution in [0.15, 0.2) is 54.1 Å². The first-order chi connectivity index (χ1) is 14.3. The minimum Gasteiger partial charge on any atom is -0.507 e. The molecule has 29 heavy (non-hydrogen) atoms. The Bertz CT molecular complexity index is 1140. The number of pyridine rings is 1. The third-order valence-corrected chi connectivity index (χ3v) is 6.22. The molecule has 0 saturated carbocycles. The number of aromatic hydroxyl groups is 1. The second kappa shape index (κ2) is 7.76. The molecular formula is C20H19N7OS. The maximum Gasteiger partial charge on any atom is 0.129 e. The van der Waals surface area contributed by atoms with Crippen LogP contribution in [0.5, 0.6) is 5.75 Å². The zero-order valence-corrected chi connectivity index (χ0v) is 16.4. The molecule has 1 saturated heterocycles. The van der Waals surface area contributed by atoms with Crippen molar-refractivity contribution in [2.45, 2.75) is 23.1 Å². The van der Waals surface area contributed by atoms with Crippen LogP contribution in [0.3, 0.4) is 0 Å². The van der Waals surface area contributed by atoms with Crippen molar-refractivity contribution in [1.82, 2.24) is 35.5 Å². The molecule has 1 atom stereocenters. The minimum absolute atomic E-state index is 0.101. The number of rotatable bonds is 4. The molecule has 1 aliphatic heterocycles. The monoisotopic (exact) mass is 405 g/mol. The summed E-state index contributed by atoms with van der Waals surface area (Å²) in [5, 5.41) is 34.5. The van der Waals surface area contributed by atoms with E-state index in [4.69, 9.17) is 0 Å². The molecule has 0 amide bonds. The average molecular weight is 405 g/mol. The molecule has 2 N–H and O–H groups in total. The first kappa shape index (κ1) is 18.0. The lowest BCUT2D eigenvalue weighted by molar-refractivity contribution is 0.476. The first-order valence-electron chi connectivity index (χ1n) is 9.47. The summed E-state index contributed by atoms with van der Waals surface area (Å²) in [5.41, 5.74) is 1.92. The predicted molar refractivity (Wildman–Crippen MR) is 111 cm³/mol. The number of piperidine rings is 1. The summed E-state index contributed by atoms with van der Waals surface area (Å²) >= 11 is 1.74. The van der Waals surface area contributed by atoms with Gasteiger partial charge in [0.15, 0.2) is 0 Å². The van der Waals surface area contributed by atoms with Crippen LogP contribution in [0.25, 0.3) is 27.7 Å². The molecule has 1 aromatic carbocycles. The molecule has 9 heteroatoms. The number of nitrogens with zero attached hydrogens (tertiary/aromatic N) is 6. The number of phenols is 1. The molecule has 0 aliphatic carbocycles. The molecule has 0 bridgehead atoms. The summed E-state index contributed by atoms with van der Waals surface area (Å²) in [6.45, 7) is 2.05. The van der Waals surface area contributed by atoms with Gasteiger partial charge in [0.05, 0.1) is 18.1 Å². The number of hydrogen-bond donors (Lipinski definition) is 2. The maximum atomic E-state index is 10.7. The van der Waals surface area contributed by atoms with E-state index in [1.54, 1.807) is 36.4 Å². The van der Waals surface area contributed by atoms with Crippen molar-refractivity contribution in [2.24, 2.45) is 0 Å². The molecular weight excluding hydrogens is 386 g/mol. The van der Waals surface area contributed by atoms with Gasteiger partial charge in [-0.1, -0.05) is 11.8 Å². The Morgan fingerprint density at radius 3 is 2.76 bits per heavy atom. The van der Waals surface area contributed by atoms with Gasteiger partial charge in [0, 0.05) is 46.6 Å². The molecule has 0 radical (unpaired) electrons. The van der Waals surface area contributed by atoms with Crippen LogP contribution in [0.2, 0.25) is 0 Å². The number of fused-ring (bicyclic) bond motifs is 1. The zero-order chi connectivity index (χ0) is 19.6.